The normalized spacial score (nSPS) is 17.8. The van der Waals surface area contributed by atoms with E-state index in [0.717, 1.165) is 43.3 Å². The van der Waals surface area contributed by atoms with Crippen LogP contribution in [0.1, 0.15) is 28.9 Å². The quantitative estimate of drug-likeness (QED) is 0.790. The molecule has 5 heteroatoms. The number of rotatable bonds is 3. The van der Waals surface area contributed by atoms with Crippen LogP contribution in [0.2, 0.25) is 0 Å². The molecular formula is C20H20FN3O. The molecule has 3 heterocycles. The number of benzene rings is 1. The first kappa shape index (κ1) is 15.8. The molecule has 0 bridgehead atoms. The highest BCUT2D eigenvalue weighted by atomic mass is 19.1. The minimum atomic E-state index is -0.292. The SMILES string of the molecule is O=C(c1cc2cc(F)ccc2[nH]1)N1CCC[C@@H](Cc2cccnc2)C1. The van der Waals surface area contributed by atoms with Crippen molar-refractivity contribution >= 4 is 16.8 Å². The van der Waals surface area contributed by atoms with Crippen molar-refractivity contribution in [2.24, 2.45) is 5.92 Å². The third kappa shape index (κ3) is 3.40. The van der Waals surface area contributed by atoms with Gasteiger partial charge >= 0.3 is 0 Å². The zero-order valence-corrected chi connectivity index (χ0v) is 13.9. The number of likely N-dealkylation sites (tertiary alicyclic amines) is 1. The smallest absolute Gasteiger partial charge is 0.270 e. The lowest BCUT2D eigenvalue weighted by molar-refractivity contribution is 0.0668. The van der Waals surface area contributed by atoms with Gasteiger partial charge in [0.1, 0.15) is 11.5 Å². The number of pyridine rings is 1. The van der Waals surface area contributed by atoms with Gasteiger partial charge in [-0.1, -0.05) is 6.07 Å². The summed E-state index contributed by atoms with van der Waals surface area (Å²) in [6, 6.07) is 10.3. The second-order valence-corrected chi connectivity index (χ2v) is 6.74. The summed E-state index contributed by atoms with van der Waals surface area (Å²) in [6.45, 7) is 1.52. The lowest BCUT2D eigenvalue weighted by atomic mass is 9.92. The Morgan fingerprint density at radius 1 is 1.32 bits per heavy atom. The number of carbonyl (C=O) groups is 1. The molecule has 1 N–H and O–H groups in total. The highest BCUT2D eigenvalue weighted by molar-refractivity contribution is 5.98. The zero-order valence-electron chi connectivity index (χ0n) is 13.9. The van der Waals surface area contributed by atoms with Gasteiger partial charge in [0.05, 0.1) is 0 Å². The van der Waals surface area contributed by atoms with Gasteiger partial charge in [-0.25, -0.2) is 4.39 Å². The molecular weight excluding hydrogens is 317 g/mol. The molecule has 0 unspecified atom stereocenters. The lowest BCUT2D eigenvalue weighted by Gasteiger charge is -2.32. The van der Waals surface area contributed by atoms with Gasteiger partial charge in [0.15, 0.2) is 0 Å². The van der Waals surface area contributed by atoms with E-state index in [0.29, 0.717) is 11.6 Å². The van der Waals surface area contributed by atoms with Crippen LogP contribution in [-0.4, -0.2) is 33.9 Å². The van der Waals surface area contributed by atoms with Crippen LogP contribution < -0.4 is 0 Å². The monoisotopic (exact) mass is 337 g/mol. The number of piperidine rings is 1. The van der Waals surface area contributed by atoms with Crippen molar-refractivity contribution in [2.75, 3.05) is 13.1 Å². The standard InChI is InChI=1S/C20H20FN3O/c21-17-5-6-18-16(10-17)11-19(23-18)20(25)24-8-2-4-15(13-24)9-14-3-1-7-22-12-14/h1,3,5-7,10-12,15,23H,2,4,8-9,13H2/t15-/m0/s1. The third-order valence-corrected chi connectivity index (χ3v) is 4.87. The van der Waals surface area contributed by atoms with Gasteiger partial charge in [-0.2, -0.15) is 0 Å². The van der Waals surface area contributed by atoms with E-state index in [2.05, 4.69) is 16.0 Å². The van der Waals surface area contributed by atoms with E-state index < -0.39 is 0 Å². The Morgan fingerprint density at radius 3 is 3.08 bits per heavy atom. The number of hydrogen-bond donors (Lipinski definition) is 1. The van der Waals surface area contributed by atoms with Crippen LogP contribution >= 0.6 is 0 Å². The Hall–Kier alpha value is -2.69. The van der Waals surface area contributed by atoms with Crippen LogP contribution in [0.5, 0.6) is 0 Å². The number of nitrogens with one attached hydrogen (secondary N) is 1. The van der Waals surface area contributed by atoms with Crippen molar-refractivity contribution in [3.63, 3.8) is 0 Å². The third-order valence-electron chi connectivity index (χ3n) is 4.87. The van der Waals surface area contributed by atoms with E-state index in [-0.39, 0.29) is 11.7 Å². The summed E-state index contributed by atoms with van der Waals surface area (Å²) < 4.78 is 13.3. The first-order chi connectivity index (χ1) is 12.2. The van der Waals surface area contributed by atoms with Gasteiger partial charge in [-0.3, -0.25) is 9.78 Å². The molecule has 0 spiro atoms. The van der Waals surface area contributed by atoms with Crippen LogP contribution in [0, 0.1) is 11.7 Å². The number of halogens is 1. The Balaban J connectivity index is 1.49. The van der Waals surface area contributed by atoms with Crippen LogP contribution in [0.25, 0.3) is 10.9 Å². The van der Waals surface area contributed by atoms with Crippen LogP contribution in [0.15, 0.2) is 48.8 Å². The number of aromatic nitrogens is 2. The molecule has 2 aromatic heterocycles. The van der Waals surface area contributed by atoms with Gasteiger partial charge in [-0.15, -0.1) is 0 Å². The molecule has 1 saturated heterocycles. The first-order valence-electron chi connectivity index (χ1n) is 8.65. The maximum absolute atomic E-state index is 13.3. The number of amides is 1. The van der Waals surface area contributed by atoms with Crippen LogP contribution in [-0.2, 0) is 6.42 Å². The van der Waals surface area contributed by atoms with Crippen molar-refractivity contribution in [3.05, 3.63) is 65.9 Å². The predicted molar refractivity (Wildman–Crippen MR) is 94.8 cm³/mol. The van der Waals surface area contributed by atoms with Crippen LogP contribution in [0.3, 0.4) is 0 Å². The number of fused-ring (bicyclic) bond motifs is 1. The molecule has 1 aromatic carbocycles. The topological polar surface area (TPSA) is 49.0 Å². The number of nitrogens with zero attached hydrogens (tertiary/aromatic N) is 2. The molecule has 128 valence electrons. The fourth-order valence-electron chi connectivity index (χ4n) is 3.66. The number of aromatic amines is 1. The summed E-state index contributed by atoms with van der Waals surface area (Å²) >= 11 is 0. The number of hydrogen-bond acceptors (Lipinski definition) is 2. The summed E-state index contributed by atoms with van der Waals surface area (Å²) in [6.07, 6.45) is 6.74. The molecule has 1 aliphatic rings. The molecule has 0 aliphatic carbocycles. The Labute approximate surface area is 145 Å². The van der Waals surface area contributed by atoms with E-state index in [1.165, 1.54) is 17.7 Å². The van der Waals surface area contributed by atoms with Crippen molar-refractivity contribution in [2.45, 2.75) is 19.3 Å². The van der Waals surface area contributed by atoms with E-state index in [9.17, 15) is 9.18 Å². The first-order valence-corrected chi connectivity index (χ1v) is 8.65. The molecule has 25 heavy (non-hydrogen) atoms. The van der Waals surface area contributed by atoms with Crippen molar-refractivity contribution < 1.29 is 9.18 Å². The number of H-pyrrole nitrogens is 1. The fourth-order valence-corrected chi connectivity index (χ4v) is 3.66. The summed E-state index contributed by atoms with van der Waals surface area (Å²) in [7, 11) is 0. The molecule has 0 saturated carbocycles. The van der Waals surface area contributed by atoms with Gasteiger partial charge in [0, 0.05) is 36.4 Å². The minimum absolute atomic E-state index is 0.00695. The zero-order chi connectivity index (χ0) is 17.2. The van der Waals surface area contributed by atoms with Gasteiger partial charge < -0.3 is 9.88 Å². The molecule has 0 radical (unpaired) electrons. The summed E-state index contributed by atoms with van der Waals surface area (Å²) in [5.74, 6) is 0.149. The highest BCUT2D eigenvalue weighted by Crippen LogP contribution is 2.23. The lowest BCUT2D eigenvalue weighted by Crippen LogP contribution is -2.40. The Kier molecular flexibility index (Phi) is 4.22. The maximum atomic E-state index is 13.3. The van der Waals surface area contributed by atoms with E-state index >= 15 is 0 Å². The summed E-state index contributed by atoms with van der Waals surface area (Å²) in [4.78, 5) is 22.0. The molecule has 1 amide bonds. The number of carbonyl (C=O) groups excluding carboxylic acids is 1. The van der Waals surface area contributed by atoms with Crippen LogP contribution in [0.4, 0.5) is 4.39 Å². The summed E-state index contributed by atoms with van der Waals surface area (Å²) in [5, 5.41) is 0.729. The fraction of sp³-hybridized carbons (Fsp3) is 0.300. The molecule has 3 aromatic rings. The van der Waals surface area contributed by atoms with E-state index in [1.54, 1.807) is 18.3 Å². The minimum Gasteiger partial charge on any atom is -0.351 e. The Morgan fingerprint density at radius 2 is 2.24 bits per heavy atom. The predicted octanol–water partition coefficient (Wildman–Crippen LogP) is 3.80. The van der Waals surface area contributed by atoms with Gasteiger partial charge in [-0.05, 0) is 61.1 Å². The summed E-state index contributed by atoms with van der Waals surface area (Å²) in [5.41, 5.74) is 2.53. The molecule has 1 fully saturated rings. The molecule has 4 nitrogen and oxygen atoms in total. The van der Waals surface area contributed by atoms with Crippen molar-refractivity contribution in [3.8, 4) is 0 Å². The van der Waals surface area contributed by atoms with Gasteiger partial charge in [0.2, 0.25) is 0 Å². The average Bonchev–Trinajstić information content (AvgIpc) is 3.05. The highest BCUT2D eigenvalue weighted by Gasteiger charge is 2.25. The Bertz CT molecular complexity index is 890. The van der Waals surface area contributed by atoms with E-state index in [4.69, 9.17) is 0 Å². The maximum Gasteiger partial charge on any atom is 0.270 e. The average molecular weight is 337 g/mol. The molecule has 1 aliphatic heterocycles. The second-order valence-electron chi connectivity index (χ2n) is 6.74. The molecule has 1 atom stereocenters. The van der Waals surface area contributed by atoms with Crippen molar-refractivity contribution in [1.29, 1.82) is 0 Å². The van der Waals surface area contributed by atoms with Gasteiger partial charge in [0.25, 0.3) is 5.91 Å². The molecule has 4 rings (SSSR count). The second kappa shape index (κ2) is 6.67. The van der Waals surface area contributed by atoms with Crippen molar-refractivity contribution in [1.82, 2.24) is 14.9 Å². The largest absolute Gasteiger partial charge is 0.351 e. The van der Waals surface area contributed by atoms with E-state index in [1.807, 2.05) is 17.2 Å².